The number of nitrogens with one attached hydrogen (secondary N) is 2. The van der Waals surface area contributed by atoms with Gasteiger partial charge >= 0.3 is 0 Å². The Labute approximate surface area is 193 Å². The fourth-order valence-electron chi connectivity index (χ4n) is 3.85. The molecule has 0 unspecified atom stereocenters. The summed E-state index contributed by atoms with van der Waals surface area (Å²) in [6, 6.07) is 1.07. The number of nitrogen functional groups attached to an aromatic ring is 1. The minimum absolute atomic E-state index is 0.0607. The average molecular weight is 476 g/mol. The third-order valence-corrected chi connectivity index (χ3v) is 5.61. The van der Waals surface area contributed by atoms with E-state index >= 15 is 4.39 Å². The van der Waals surface area contributed by atoms with Gasteiger partial charge in [0.2, 0.25) is 11.7 Å². The molecule has 0 spiro atoms. The highest BCUT2D eigenvalue weighted by Crippen LogP contribution is 2.42. The van der Waals surface area contributed by atoms with Crippen molar-refractivity contribution < 1.29 is 13.9 Å². The maximum absolute atomic E-state index is 15.1. The van der Waals surface area contributed by atoms with E-state index in [0.29, 0.717) is 35.8 Å². The van der Waals surface area contributed by atoms with E-state index in [-0.39, 0.29) is 34.6 Å². The van der Waals surface area contributed by atoms with Crippen LogP contribution >= 0.6 is 11.6 Å². The number of tetrazole rings is 1. The molecular formula is C20H23ClFN9O2. The summed E-state index contributed by atoms with van der Waals surface area (Å²) in [5.41, 5.74) is 7.35. The molecule has 4 N–H and O–H groups in total. The monoisotopic (exact) mass is 475 g/mol. The molecule has 1 amide bonds. The largest absolute Gasteiger partial charge is 0.493 e. The molecule has 2 atom stereocenters. The average Bonchev–Trinajstić information content (AvgIpc) is 3.39. The Bertz CT molecular complexity index is 1200. The number of halogens is 2. The van der Waals surface area contributed by atoms with Crippen LogP contribution in [0.15, 0.2) is 12.4 Å². The second-order valence-corrected chi connectivity index (χ2v) is 8.00. The maximum atomic E-state index is 15.1. The molecule has 0 bridgehead atoms. The van der Waals surface area contributed by atoms with E-state index in [1.165, 1.54) is 17.2 Å². The van der Waals surface area contributed by atoms with Gasteiger partial charge in [-0.3, -0.25) is 4.79 Å². The second kappa shape index (κ2) is 9.14. The van der Waals surface area contributed by atoms with Crippen molar-refractivity contribution in [3.8, 4) is 17.1 Å². The minimum Gasteiger partial charge on any atom is -0.493 e. The first-order valence-corrected chi connectivity index (χ1v) is 10.7. The molecular weight excluding hydrogens is 453 g/mol. The van der Waals surface area contributed by atoms with Crippen molar-refractivity contribution in [1.82, 2.24) is 35.5 Å². The quantitative estimate of drug-likeness (QED) is 0.468. The third-order valence-electron chi connectivity index (χ3n) is 5.34. The number of carbonyl (C=O) groups excluding carboxylic acids is 1. The zero-order chi connectivity index (χ0) is 23.7. The molecule has 0 aliphatic carbocycles. The lowest BCUT2D eigenvalue weighted by atomic mass is 9.92. The smallest absolute Gasteiger partial charge is 0.220 e. The first-order valence-electron chi connectivity index (χ1n) is 10.3. The van der Waals surface area contributed by atoms with Crippen molar-refractivity contribution in [2.75, 3.05) is 24.2 Å². The fraction of sp³-hybridized carbons (Fsp3) is 0.400. The van der Waals surface area contributed by atoms with E-state index in [1.54, 1.807) is 14.0 Å². The van der Waals surface area contributed by atoms with E-state index in [2.05, 4.69) is 36.0 Å². The van der Waals surface area contributed by atoms with Gasteiger partial charge in [0.1, 0.15) is 35.1 Å². The Morgan fingerprint density at radius 2 is 2.24 bits per heavy atom. The number of nitrogens with zero attached hydrogens (tertiary/aromatic N) is 6. The lowest BCUT2D eigenvalue weighted by molar-refractivity contribution is -0.119. The highest BCUT2D eigenvalue weighted by Gasteiger charge is 2.32. The number of rotatable bonds is 7. The number of hydrogen-bond donors (Lipinski definition) is 3. The molecule has 0 saturated carbocycles. The molecule has 1 aromatic carbocycles. The Morgan fingerprint density at radius 1 is 1.45 bits per heavy atom. The number of carbonyl (C=O) groups is 1. The predicted molar refractivity (Wildman–Crippen MR) is 119 cm³/mol. The van der Waals surface area contributed by atoms with Crippen LogP contribution in [-0.2, 0) is 11.8 Å². The molecule has 1 fully saturated rings. The summed E-state index contributed by atoms with van der Waals surface area (Å²) in [6.07, 6.45) is 1.47. The molecule has 3 aromatic rings. The Kier molecular flexibility index (Phi) is 6.27. The normalized spacial score (nSPS) is 16.5. The topological polar surface area (TPSA) is 146 Å². The number of aromatic nitrogens is 6. The Morgan fingerprint density at radius 3 is 2.88 bits per heavy atom. The molecule has 174 valence electrons. The van der Waals surface area contributed by atoms with Gasteiger partial charge in [0.15, 0.2) is 0 Å². The second-order valence-electron chi connectivity index (χ2n) is 7.59. The number of ether oxygens (including phenoxy) is 1. The summed E-state index contributed by atoms with van der Waals surface area (Å²) in [4.78, 5) is 21.4. The molecule has 1 aliphatic rings. The van der Waals surface area contributed by atoms with E-state index in [0.717, 1.165) is 0 Å². The number of amides is 1. The summed E-state index contributed by atoms with van der Waals surface area (Å²) in [7, 11) is 1.63. The van der Waals surface area contributed by atoms with Crippen molar-refractivity contribution in [2.24, 2.45) is 7.05 Å². The SMILES string of the molecule is CCOc1c([C@@H](C)Nc2ncnc(N)c2-c2nnn(C)n2)cc(Cl)c(F)c1[C@@H]1CNC(=O)C1. The third kappa shape index (κ3) is 4.38. The highest BCUT2D eigenvalue weighted by molar-refractivity contribution is 6.31. The highest BCUT2D eigenvalue weighted by atomic mass is 35.5. The number of hydrogen-bond acceptors (Lipinski definition) is 9. The van der Waals surface area contributed by atoms with Crippen molar-refractivity contribution in [3.63, 3.8) is 0 Å². The molecule has 4 rings (SSSR count). The van der Waals surface area contributed by atoms with E-state index in [9.17, 15) is 4.79 Å². The van der Waals surface area contributed by atoms with Gasteiger partial charge in [-0.1, -0.05) is 11.6 Å². The van der Waals surface area contributed by atoms with Crippen LogP contribution in [0.3, 0.4) is 0 Å². The number of benzene rings is 1. The molecule has 1 aliphatic heterocycles. The van der Waals surface area contributed by atoms with Gasteiger partial charge in [0.25, 0.3) is 0 Å². The fourth-order valence-corrected chi connectivity index (χ4v) is 4.07. The van der Waals surface area contributed by atoms with Crippen LogP contribution in [0.4, 0.5) is 16.0 Å². The van der Waals surface area contributed by atoms with Crippen molar-refractivity contribution in [2.45, 2.75) is 32.2 Å². The van der Waals surface area contributed by atoms with Crippen LogP contribution < -0.4 is 21.1 Å². The van der Waals surface area contributed by atoms with Gasteiger partial charge in [0, 0.05) is 30.0 Å². The molecule has 1 saturated heterocycles. The predicted octanol–water partition coefficient (Wildman–Crippen LogP) is 2.22. The summed E-state index contributed by atoms with van der Waals surface area (Å²) < 4.78 is 21.0. The Hall–Kier alpha value is -3.54. The summed E-state index contributed by atoms with van der Waals surface area (Å²) in [6.45, 7) is 4.26. The van der Waals surface area contributed by atoms with E-state index in [1.807, 2.05) is 6.92 Å². The summed E-state index contributed by atoms with van der Waals surface area (Å²) >= 11 is 6.27. The van der Waals surface area contributed by atoms with Gasteiger partial charge in [-0.2, -0.15) is 4.80 Å². The lowest BCUT2D eigenvalue weighted by Crippen LogP contribution is -2.17. The minimum atomic E-state index is -0.590. The maximum Gasteiger partial charge on any atom is 0.220 e. The van der Waals surface area contributed by atoms with Gasteiger partial charge in [-0.25, -0.2) is 14.4 Å². The molecule has 0 radical (unpaired) electrons. The van der Waals surface area contributed by atoms with Crippen LogP contribution in [-0.4, -0.2) is 49.2 Å². The van der Waals surface area contributed by atoms with Crippen molar-refractivity contribution in [1.29, 1.82) is 0 Å². The van der Waals surface area contributed by atoms with Crippen LogP contribution in [0, 0.1) is 5.82 Å². The molecule has 33 heavy (non-hydrogen) atoms. The van der Waals surface area contributed by atoms with Crippen LogP contribution in [0.1, 0.15) is 43.4 Å². The standard InChI is InChI=1S/C20H23ClFN9O2/c1-4-33-17-11(6-12(21)16(22)14(17)10-5-13(32)24-7-10)9(2)27-19-15(18(23)25-8-26-19)20-28-30-31(3)29-20/h6,8-10H,4-5,7H2,1-3H3,(H,24,32)(H3,23,25,26,27)/t9-,10+/m1/s1. The van der Waals surface area contributed by atoms with Gasteiger partial charge in [0.05, 0.1) is 24.7 Å². The number of nitrogens with two attached hydrogens (primary N) is 1. The van der Waals surface area contributed by atoms with Gasteiger partial charge in [-0.15, -0.1) is 10.2 Å². The number of anilines is 2. The molecule has 11 nitrogen and oxygen atoms in total. The number of aryl methyl sites for hydroxylation is 1. The molecule has 3 heterocycles. The van der Waals surface area contributed by atoms with Crippen LogP contribution in [0.25, 0.3) is 11.4 Å². The molecule has 13 heteroatoms. The summed E-state index contributed by atoms with van der Waals surface area (Å²) in [5.74, 6) is 0.0141. The molecule has 2 aromatic heterocycles. The van der Waals surface area contributed by atoms with Gasteiger partial charge < -0.3 is 21.1 Å². The van der Waals surface area contributed by atoms with Gasteiger partial charge in [-0.05, 0) is 25.1 Å². The van der Waals surface area contributed by atoms with E-state index < -0.39 is 17.8 Å². The Balaban J connectivity index is 1.77. The summed E-state index contributed by atoms with van der Waals surface area (Å²) in [5, 5.41) is 18.0. The van der Waals surface area contributed by atoms with Crippen molar-refractivity contribution in [3.05, 3.63) is 34.4 Å². The van der Waals surface area contributed by atoms with Crippen molar-refractivity contribution >= 4 is 29.1 Å². The zero-order valence-electron chi connectivity index (χ0n) is 18.3. The zero-order valence-corrected chi connectivity index (χ0v) is 19.0. The first kappa shape index (κ1) is 22.6. The van der Waals surface area contributed by atoms with Crippen LogP contribution in [0.5, 0.6) is 5.75 Å². The van der Waals surface area contributed by atoms with Crippen LogP contribution in [0.2, 0.25) is 5.02 Å². The van der Waals surface area contributed by atoms with E-state index in [4.69, 9.17) is 22.1 Å². The lowest BCUT2D eigenvalue weighted by Gasteiger charge is -2.24. The first-order chi connectivity index (χ1) is 15.8.